The minimum atomic E-state index is -0.797. The summed E-state index contributed by atoms with van der Waals surface area (Å²) in [4.78, 5) is 11.3. The van der Waals surface area contributed by atoms with Gasteiger partial charge in [-0.15, -0.1) is 0 Å². The van der Waals surface area contributed by atoms with E-state index < -0.39 is 10.8 Å². The minimum absolute atomic E-state index is 0.0809. The molecule has 1 aliphatic rings. The van der Waals surface area contributed by atoms with Gasteiger partial charge in [0.2, 0.25) is 0 Å². The second-order valence-electron chi connectivity index (χ2n) is 4.21. The summed E-state index contributed by atoms with van der Waals surface area (Å²) < 4.78 is 11.5. The third-order valence-corrected chi connectivity index (χ3v) is 4.01. The SMILES string of the molecule is CC(C)C(=O)CCS(=O)CC1CNC1. The van der Waals surface area contributed by atoms with Crippen molar-refractivity contribution in [1.82, 2.24) is 5.32 Å². The number of carbonyl (C=O) groups is 1. The van der Waals surface area contributed by atoms with Crippen LogP contribution in [0.5, 0.6) is 0 Å². The van der Waals surface area contributed by atoms with Gasteiger partial charge in [0.1, 0.15) is 5.78 Å². The van der Waals surface area contributed by atoms with Crippen LogP contribution in [0.3, 0.4) is 0 Å². The summed E-state index contributed by atoms with van der Waals surface area (Å²) in [5.41, 5.74) is 0. The molecule has 0 bridgehead atoms. The van der Waals surface area contributed by atoms with Crippen LogP contribution in [0.4, 0.5) is 0 Å². The Morgan fingerprint density at radius 3 is 2.57 bits per heavy atom. The summed E-state index contributed by atoms with van der Waals surface area (Å²) in [6, 6.07) is 0. The van der Waals surface area contributed by atoms with Gasteiger partial charge in [-0.3, -0.25) is 9.00 Å². The number of hydrogen-bond donors (Lipinski definition) is 1. The molecule has 1 heterocycles. The summed E-state index contributed by atoms with van der Waals surface area (Å²) in [6.45, 7) is 5.76. The van der Waals surface area contributed by atoms with Gasteiger partial charge in [-0.1, -0.05) is 13.8 Å². The molecule has 1 N–H and O–H groups in total. The monoisotopic (exact) mass is 217 g/mol. The molecule has 0 amide bonds. The van der Waals surface area contributed by atoms with E-state index in [0.29, 0.717) is 18.1 Å². The van der Waals surface area contributed by atoms with Crippen molar-refractivity contribution in [3.8, 4) is 0 Å². The van der Waals surface area contributed by atoms with Gasteiger partial charge in [0.15, 0.2) is 0 Å². The fraction of sp³-hybridized carbons (Fsp3) is 0.900. The zero-order valence-electron chi connectivity index (χ0n) is 8.91. The average molecular weight is 217 g/mol. The lowest BCUT2D eigenvalue weighted by Gasteiger charge is -2.26. The predicted molar refractivity (Wildman–Crippen MR) is 58.7 cm³/mol. The maximum atomic E-state index is 11.5. The predicted octanol–water partition coefficient (Wildman–Crippen LogP) is 0.570. The first kappa shape index (κ1) is 11.9. The number of nitrogens with one attached hydrogen (secondary N) is 1. The molecule has 0 aromatic heterocycles. The van der Waals surface area contributed by atoms with E-state index >= 15 is 0 Å². The lowest BCUT2D eigenvalue weighted by Crippen LogP contribution is -2.45. The van der Waals surface area contributed by atoms with Crippen LogP contribution in [-0.4, -0.2) is 34.6 Å². The Hall–Kier alpha value is -0.220. The zero-order valence-corrected chi connectivity index (χ0v) is 9.73. The topological polar surface area (TPSA) is 46.2 Å². The van der Waals surface area contributed by atoms with Gasteiger partial charge < -0.3 is 5.32 Å². The van der Waals surface area contributed by atoms with Crippen molar-refractivity contribution in [2.45, 2.75) is 20.3 Å². The Kier molecular flexibility index (Phi) is 4.75. The summed E-state index contributed by atoms with van der Waals surface area (Å²) in [6.07, 6.45) is 0.477. The fourth-order valence-electron chi connectivity index (χ4n) is 1.32. The first-order valence-electron chi connectivity index (χ1n) is 5.18. The molecule has 0 aromatic carbocycles. The van der Waals surface area contributed by atoms with E-state index in [0.717, 1.165) is 18.8 Å². The molecule has 0 aromatic rings. The van der Waals surface area contributed by atoms with E-state index in [4.69, 9.17) is 0 Å². The molecule has 0 radical (unpaired) electrons. The maximum Gasteiger partial charge on any atom is 0.136 e. The van der Waals surface area contributed by atoms with Crippen LogP contribution in [0, 0.1) is 11.8 Å². The van der Waals surface area contributed by atoms with Crippen LogP contribution >= 0.6 is 0 Å². The van der Waals surface area contributed by atoms with Gasteiger partial charge in [0.05, 0.1) is 0 Å². The van der Waals surface area contributed by atoms with Crippen LogP contribution in [0.1, 0.15) is 20.3 Å². The van der Waals surface area contributed by atoms with Crippen LogP contribution in [0.25, 0.3) is 0 Å². The number of Topliss-reactive ketones (excluding diaryl/α,β-unsaturated/α-hetero) is 1. The van der Waals surface area contributed by atoms with Gasteiger partial charge in [-0.25, -0.2) is 0 Å². The van der Waals surface area contributed by atoms with Crippen LogP contribution < -0.4 is 5.32 Å². The molecule has 1 saturated heterocycles. The first-order chi connectivity index (χ1) is 6.59. The Balaban J connectivity index is 2.11. The summed E-state index contributed by atoms with van der Waals surface area (Å²) in [5, 5.41) is 3.15. The fourth-order valence-corrected chi connectivity index (χ4v) is 2.67. The average Bonchev–Trinajstić information content (AvgIpc) is 2.07. The molecular weight excluding hydrogens is 198 g/mol. The molecule has 1 fully saturated rings. The van der Waals surface area contributed by atoms with Gasteiger partial charge >= 0.3 is 0 Å². The second kappa shape index (κ2) is 5.61. The molecule has 0 spiro atoms. The molecular formula is C10H19NO2S. The van der Waals surface area contributed by atoms with Crippen molar-refractivity contribution < 1.29 is 9.00 Å². The van der Waals surface area contributed by atoms with Crippen molar-refractivity contribution in [2.24, 2.45) is 11.8 Å². The molecule has 4 heteroatoms. The second-order valence-corrected chi connectivity index (χ2v) is 5.83. The molecule has 14 heavy (non-hydrogen) atoms. The van der Waals surface area contributed by atoms with Gasteiger partial charge in [0.25, 0.3) is 0 Å². The van der Waals surface area contributed by atoms with Gasteiger partial charge in [0, 0.05) is 47.7 Å². The van der Waals surface area contributed by atoms with E-state index in [1.54, 1.807) is 0 Å². The van der Waals surface area contributed by atoms with Crippen LogP contribution in [0.2, 0.25) is 0 Å². The Morgan fingerprint density at radius 2 is 2.14 bits per heavy atom. The van der Waals surface area contributed by atoms with Crippen molar-refractivity contribution in [2.75, 3.05) is 24.6 Å². The largest absolute Gasteiger partial charge is 0.316 e. The van der Waals surface area contributed by atoms with Crippen LogP contribution in [0.15, 0.2) is 0 Å². The molecule has 1 unspecified atom stereocenters. The van der Waals surface area contributed by atoms with Crippen molar-refractivity contribution in [3.63, 3.8) is 0 Å². The van der Waals surface area contributed by atoms with E-state index in [9.17, 15) is 9.00 Å². The summed E-state index contributed by atoms with van der Waals surface area (Å²) in [5.74, 6) is 2.19. The summed E-state index contributed by atoms with van der Waals surface area (Å²) in [7, 11) is -0.797. The number of carbonyl (C=O) groups excluding carboxylic acids is 1. The number of rotatable bonds is 6. The molecule has 1 rings (SSSR count). The minimum Gasteiger partial charge on any atom is -0.316 e. The smallest absolute Gasteiger partial charge is 0.136 e. The highest BCUT2D eigenvalue weighted by Gasteiger charge is 2.19. The normalized spacial score (nSPS) is 19.4. The number of hydrogen-bond acceptors (Lipinski definition) is 3. The van der Waals surface area contributed by atoms with Gasteiger partial charge in [-0.2, -0.15) is 0 Å². The molecule has 0 aliphatic carbocycles. The van der Waals surface area contributed by atoms with Crippen LogP contribution in [-0.2, 0) is 15.6 Å². The highest BCUT2D eigenvalue weighted by atomic mass is 32.2. The molecule has 1 atom stereocenters. The quantitative estimate of drug-likeness (QED) is 0.707. The van der Waals surface area contributed by atoms with E-state index in [-0.39, 0.29) is 11.7 Å². The third kappa shape index (κ3) is 3.88. The van der Waals surface area contributed by atoms with Gasteiger partial charge in [-0.05, 0) is 5.92 Å². The molecule has 82 valence electrons. The van der Waals surface area contributed by atoms with E-state index in [1.165, 1.54) is 0 Å². The molecule has 1 aliphatic heterocycles. The van der Waals surface area contributed by atoms with E-state index in [2.05, 4.69) is 5.32 Å². The Morgan fingerprint density at radius 1 is 1.50 bits per heavy atom. The van der Waals surface area contributed by atoms with Crippen molar-refractivity contribution in [1.29, 1.82) is 0 Å². The summed E-state index contributed by atoms with van der Waals surface area (Å²) >= 11 is 0. The highest BCUT2D eigenvalue weighted by Crippen LogP contribution is 2.07. The lowest BCUT2D eigenvalue weighted by atomic mass is 10.1. The molecule has 3 nitrogen and oxygen atoms in total. The third-order valence-electron chi connectivity index (χ3n) is 2.51. The molecule has 0 saturated carbocycles. The first-order valence-corrected chi connectivity index (χ1v) is 6.66. The Bertz CT molecular complexity index is 224. The van der Waals surface area contributed by atoms with Crippen molar-refractivity contribution >= 4 is 16.6 Å². The lowest BCUT2D eigenvalue weighted by molar-refractivity contribution is -0.121. The highest BCUT2D eigenvalue weighted by molar-refractivity contribution is 7.85. The number of ketones is 1. The Labute approximate surface area is 88.1 Å². The standard InChI is InChI=1S/C10H19NO2S/c1-8(2)10(12)3-4-14(13)7-9-5-11-6-9/h8-9,11H,3-7H2,1-2H3. The zero-order chi connectivity index (χ0) is 10.6. The van der Waals surface area contributed by atoms with Crippen molar-refractivity contribution in [3.05, 3.63) is 0 Å². The maximum absolute atomic E-state index is 11.5. The van der Waals surface area contributed by atoms with E-state index in [1.807, 2.05) is 13.8 Å².